The summed E-state index contributed by atoms with van der Waals surface area (Å²) in [5, 5.41) is 9.53. The van der Waals surface area contributed by atoms with Crippen molar-refractivity contribution in [2.75, 3.05) is 13.2 Å². The lowest BCUT2D eigenvalue weighted by atomic mass is 9.71. The Balaban J connectivity index is 1.50. The van der Waals surface area contributed by atoms with Crippen molar-refractivity contribution in [2.45, 2.75) is 68.7 Å². The maximum atomic E-state index is 15.3. The van der Waals surface area contributed by atoms with Crippen LogP contribution in [0.25, 0.3) is 0 Å². The van der Waals surface area contributed by atoms with E-state index in [0.717, 1.165) is 43.2 Å². The molecule has 4 rings (SSSR count). The van der Waals surface area contributed by atoms with Crippen molar-refractivity contribution in [1.29, 1.82) is 5.26 Å². The summed E-state index contributed by atoms with van der Waals surface area (Å²) in [6.07, 6.45) is 5.23. The largest absolute Gasteiger partial charge is 0.381 e. The van der Waals surface area contributed by atoms with E-state index in [1.54, 1.807) is 6.07 Å². The van der Waals surface area contributed by atoms with Crippen molar-refractivity contribution in [3.05, 3.63) is 71.0 Å². The van der Waals surface area contributed by atoms with E-state index in [9.17, 15) is 0 Å². The highest BCUT2D eigenvalue weighted by Crippen LogP contribution is 2.44. The topological polar surface area (TPSA) is 36.3 Å². The third-order valence-electron chi connectivity index (χ3n) is 6.93. The van der Waals surface area contributed by atoms with Gasteiger partial charge in [-0.25, -0.2) is 8.70 Å². The molecule has 0 aromatic heterocycles. The number of ether oxygens (including phenoxy) is 1. The fraction of sp³-hybridized carbons (Fsp3) is 0.500. The van der Waals surface area contributed by atoms with Crippen LogP contribution in [0.3, 0.4) is 0 Å². The maximum Gasteiger partial charge on any atom is 0.128 e. The van der Waals surface area contributed by atoms with Crippen molar-refractivity contribution in [2.24, 2.45) is 0 Å². The van der Waals surface area contributed by atoms with Crippen molar-refractivity contribution >= 4 is 11.9 Å². The molecular weight excluding hydrogens is 407 g/mol. The van der Waals surface area contributed by atoms with Crippen molar-refractivity contribution < 1.29 is 9.13 Å². The number of benzene rings is 2. The number of hydrogen-bond donors (Lipinski definition) is 0. The van der Waals surface area contributed by atoms with E-state index in [0.29, 0.717) is 37.5 Å². The van der Waals surface area contributed by atoms with Gasteiger partial charge < -0.3 is 4.74 Å². The number of nitrogens with zero attached hydrogens (tertiary/aromatic N) is 2. The average Bonchev–Trinajstić information content (AvgIpc) is 2.81. The van der Waals surface area contributed by atoms with Gasteiger partial charge in [0.1, 0.15) is 5.82 Å². The molecule has 2 aliphatic rings. The third kappa shape index (κ3) is 5.14. The zero-order valence-corrected chi connectivity index (χ0v) is 19.0. The monoisotopic (exact) mass is 438 g/mol. The molecule has 0 amide bonds. The fourth-order valence-corrected chi connectivity index (χ4v) is 6.23. The molecular formula is C26H31FN2OS. The summed E-state index contributed by atoms with van der Waals surface area (Å²) in [6.45, 7) is 4.20. The van der Waals surface area contributed by atoms with Crippen LogP contribution < -0.4 is 0 Å². The molecule has 1 unspecified atom stereocenters. The van der Waals surface area contributed by atoms with E-state index in [-0.39, 0.29) is 11.2 Å². The Morgan fingerprint density at radius 3 is 2.65 bits per heavy atom. The lowest BCUT2D eigenvalue weighted by Gasteiger charge is -2.38. The Hall–Kier alpha value is -1.87. The lowest BCUT2D eigenvalue weighted by molar-refractivity contribution is 0.0471. The Morgan fingerprint density at radius 2 is 1.94 bits per heavy atom. The molecule has 2 saturated heterocycles. The smallest absolute Gasteiger partial charge is 0.128 e. The molecule has 5 heteroatoms. The Kier molecular flexibility index (Phi) is 7.32. The first-order valence-electron chi connectivity index (χ1n) is 11.3. The minimum Gasteiger partial charge on any atom is -0.381 e. The second-order valence-corrected chi connectivity index (χ2v) is 10.1. The quantitative estimate of drug-likeness (QED) is 0.479. The van der Waals surface area contributed by atoms with E-state index in [1.165, 1.54) is 5.56 Å². The second kappa shape index (κ2) is 10.2. The molecule has 0 bridgehead atoms. The zero-order valence-electron chi connectivity index (χ0n) is 18.2. The molecule has 2 aliphatic heterocycles. The van der Waals surface area contributed by atoms with Crippen LogP contribution in [0.2, 0.25) is 0 Å². The van der Waals surface area contributed by atoms with E-state index < -0.39 is 0 Å². The highest BCUT2D eigenvalue weighted by atomic mass is 32.2. The van der Waals surface area contributed by atoms with Crippen LogP contribution in [0.4, 0.5) is 4.39 Å². The first kappa shape index (κ1) is 22.3. The molecule has 0 spiro atoms. The van der Waals surface area contributed by atoms with Gasteiger partial charge in [0.2, 0.25) is 0 Å². The predicted octanol–water partition coefficient (Wildman–Crippen LogP) is 6.55. The fourth-order valence-electron chi connectivity index (χ4n) is 4.86. The van der Waals surface area contributed by atoms with Crippen LogP contribution in [-0.4, -0.2) is 23.6 Å². The van der Waals surface area contributed by atoms with Crippen LogP contribution in [0, 0.1) is 17.1 Å². The van der Waals surface area contributed by atoms with E-state index in [2.05, 4.69) is 53.7 Å². The molecule has 164 valence electrons. The molecule has 3 nitrogen and oxygen atoms in total. The van der Waals surface area contributed by atoms with Gasteiger partial charge in [0, 0.05) is 48.4 Å². The Morgan fingerprint density at radius 1 is 1.16 bits per heavy atom. The molecule has 0 N–H and O–H groups in total. The summed E-state index contributed by atoms with van der Waals surface area (Å²) >= 11 is 1.85. The normalized spacial score (nSPS) is 23.9. The third-order valence-corrected chi connectivity index (χ3v) is 8.45. The highest BCUT2D eigenvalue weighted by molar-refractivity contribution is 7.97. The van der Waals surface area contributed by atoms with Gasteiger partial charge in [-0.3, -0.25) is 0 Å². The van der Waals surface area contributed by atoms with E-state index in [4.69, 9.17) is 10.00 Å². The lowest BCUT2D eigenvalue weighted by Crippen LogP contribution is -2.34. The number of hydrogen-bond acceptors (Lipinski definition) is 4. The molecule has 2 atom stereocenters. The summed E-state index contributed by atoms with van der Waals surface area (Å²) in [7, 11) is 0. The SMILES string of the molecule is C[C@H]1CCC(c2ccccc2)SN1Cc1ccc(C2(CCC#N)CCOCC2)cc1F. The predicted molar refractivity (Wildman–Crippen MR) is 124 cm³/mol. The summed E-state index contributed by atoms with van der Waals surface area (Å²) in [4.78, 5) is 0. The van der Waals surface area contributed by atoms with Crippen molar-refractivity contribution in [3.8, 4) is 6.07 Å². The standard InChI is InChI=1S/C26H31FN2OS/c1-20-8-11-25(21-6-3-2-4-7-21)31-29(20)19-22-9-10-23(18-24(22)27)26(12-5-15-28)13-16-30-17-14-26/h2-4,6-7,9-10,18,20,25H,5,8,11-14,16-17,19H2,1H3/t20-,25?/m0/s1. The van der Waals surface area contributed by atoms with Gasteiger partial charge in [-0.1, -0.05) is 54.4 Å². The van der Waals surface area contributed by atoms with Gasteiger partial charge in [0.25, 0.3) is 0 Å². The molecule has 2 fully saturated rings. The number of halogens is 1. The van der Waals surface area contributed by atoms with Crippen LogP contribution in [0.1, 0.15) is 67.4 Å². The first-order chi connectivity index (χ1) is 15.1. The number of nitriles is 1. The van der Waals surface area contributed by atoms with Crippen LogP contribution >= 0.6 is 11.9 Å². The minimum atomic E-state index is -0.140. The first-order valence-corrected chi connectivity index (χ1v) is 12.2. The van der Waals surface area contributed by atoms with Gasteiger partial charge in [-0.15, -0.1) is 0 Å². The molecule has 0 saturated carbocycles. The molecule has 0 radical (unpaired) electrons. The summed E-state index contributed by atoms with van der Waals surface area (Å²) < 4.78 is 23.2. The second-order valence-electron chi connectivity index (χ2n) is 8.86. The summed E-state index contributed by atoms with van der Waals surface area (Å²) in [5.41, 5.74) is 2.98. The molecule has 2 heterocycles. The van der Waals surface area contributed by atoms with Crippen molar-refractivity contribution in [1.82, 2.24) is 4.31 Å². The van der Waals surface area contributed by atoms with Gasteiger partial charge in [0.05, 0.1) is 6.07 Å². The highest BCUT2D eigenvalue weighted by Gasteiger charge is 2.35. The summed E-state index contributed by atoms with van der Waals surface area (Å²) in [6, 6.07) is 19.1. The molecule has 0 aliphatic carbocycles. The van der Waals surface area contributed by atoms with Crippen LogP contribution in [0.15, 0.2) is 48.5 Å². The van der Waals surface area contributed by atoms with Gasteiger partial charge >= 0.3 is 0 Å². The average molecular weight is 439 g/mol. The van der Waals surface area contributed by atoms with E-state index >= 15 is 4.39 Å². The zero-order chi connectivity index (χ0) is 21.7. The Bertz CT molecular complexity index is 907. The maximum absolute atomic E-state index is 15.3. The van der Waals surface area contributed by atoms with Crippen LogP contribution in [0.5, 0.6) is 0 Å². The van der Waals surface area contributed by atoms with Crippen LogP contribution in [-0.2, 0) is 16.7 Å². The van der Waals surface area contributed by atoms with Gasteiger partial charge in [-0.2, -0.15) is 5.26 Å². The summed E-state index contributed by atoms with van der Waals surface area (Å²) in [5.74, 6) is -0.130. The Labute approximate surface area is 189 Å². The molecule has 31 heavy (non-hydrogen) atoms. The van der Waals surface area contributed by atoms with Gasteiger partial charge in [-0.05, 0) is 56.2 Å². The number of rotatable bonds is 6. The minimum absolute atomic E-state index is 0.130. The van der Waals surface area contributed by atoms with Crippen molar-refractivity contribution in [3.63, 3.8) is 0 Å². The molecule has 2 aromatic rings. The molecule has 2 aromatic carbocycles. The van der Waals surface area contributed by atoms with Gasteiger partial charge in [0.15, 0.2) is 0 Å². The van der Waals surface area contributed by atoms with E-state index in [1.807, 2.05) is 18.0 Å².